The van der Waals surface area contributed by atoms with Gasteiger partial charge in [-0.3, -0.25) is 14.8 Å². The van der Waals surface area contributed by atoms with Crippen molar-refractivity contribution in [2.45, 2.75) is 57.8 Å². The van der Waals surface area contributed by atoms with Crippen LogP contribution in [0, 0.1) is 17.0 Å². The number of aryl methyl sites for hydroxylation is 2. The van der Waals surface area contributed by atoms with Crippen molar-refractivity contribution < 1.29 is 4.92 Å². The van der Waals surface area contributed by atoms with E-state index in [1.165, 1.54) is 0 Å². The monoisotopic (exact) mass is 317 g/mol. The molecule has 0 N–H and O–H groups in total. The van der Waals surface area contributed by atoms with Crippen LogP contribution in [-0.4, -0.2) is 19.5 Å². The summed E-state index contributed by atoms with van der Waals surface area (Å²) in [6.07, 6.45) is 1.84. The molecule has 0 saturated carbocycles. The Morgan fingerprint density at radius 3 is 2.56 bits per heavy atom. The maximum Gasteiger partial charge on any atom is 0.313 e. The van der Waals surface area contributed by atoms with Gasteiger partial charge in [0.25, 0.3) is 0 Å². The molecule has 2 atom stereocenters. The predicted octanol–water partition coefficient (Wildman–Crippen LogP) is 3.79. The zero-order valence-electron chi connectivity index (χ0n) is 11.3. The number of hydrogen-bond donors (Lipinski definition) is 0. The van der Waals surface area contributed by atoms with Gasteiger partial charge in [0, 0.05) is 17.3 Å². The van der Waals surface area contributed by atoms with Crippen LogP contribution in [-0.2, 0) is 6.54 Å². The lowest BCUT2D eigenvalue weighted by Crippen LogP contribution is -2.15. The first-order valence-corrected chi connectivity index (χ1v) is 7.21. The summed E-state index contributed by atoms with van der Waals surface area (Å²) in [6, 6.07) is 0. The standard InChI is InChI=1S/C12H20BrN3O2/c1-5-7-15-11(8(3)10(13)6-2)12(16(17)18)9(4)14-15/h8,10H,5-7H2,1-4H3. The third kappa shape index (κ3) is 2.91. The average molecular weight is 318 g/mol. The third-order valence-corrected chi connectivity index (χ3v) is 4.56. The second-order valence-corrected chi connectivity index (χ2v) is 5.69. The van der Waals surface area contributed by atoms with Crippen LogP contribution >= 0.6 is 15.9 Å². The number of halogens is 1. The van der Waals surface area contributed by atoms with E-state index in [0.717, 1.165) is 25.1 Å². The number of aromatic nitrogens is 2. The summed E-state index contributed by atoms with van der Waals surface area (Å²) in [4.78, 5) is 11.1. The number of nitrogens with zero attached hydrogens (tertiary/aromatic N) is 3. The third-order valence-electron chi connectivity index (χ3n) is 3.12. The lowest BCUT2D eigenvalue weighted by molar-refractivity contribution is -0.386. The smallest absolute Gasteiger partial charge is 0.262 e. The summed E-state index contributed by atoms with van der Waals surface area (Å²) >= 11 is 3.59. The van der Waals surface area contributed by atoms with E-state index in [-0.39, 0.29) is 21.4 Å². The van der Waals surface area contributed by atoms with Gasteiger partial charge in [0.1, 0.15) is 11.4 Å². The molecule has 2 unspecified atom stereocenters. The highest BCUT2D eigenvalue weighted by atomic mass is 79.9. The molecule has 0 aliphatic heterocycles. The second-order valence-electron chi connectivity index (χ2n) is 4.51. The molecular formula is C12H20BrN3O2. The Morgan fingerprint density at radius 2 is 2.11 bits per heavy atom. The van der Waals surface area contributed by atoms with Crippen LogP contribution in [0.3, 0.4) is 0 Å². The fourth-order valence-electron chi connectivity index (χ4n) is 2.17. The first-order valence-electron chi connectivity index (χ1n) is 6.29. The molecule has 0 aromatic carbocycles. The minimum absolute atomic E-state index is 0.0724. The lowest BCUT2D eigenvalue weighted by Gasteiger charge is -2.17. The zero-order chi connectivity index (χ0) is 13.9. The van der Waals surface area contributed by atoms with E-state index in [0.29, 0.717) is 5.69 Å². The largest absolute Gasteiger partial charge is 0.313 e. The molecule has 0 saturated heterocycles. The van der Waals surface area contributed by atoms with Gasteiger partial charge in [0.15, 0.2) is 0 Å². The summed E-state index contributed by atoms with van der Waals surface area (Å²) in [5, 5.41) is 15.5. The summed E-state index contributed by atoms with van der Waals surface area (Å²) in [5.74, 6) is 0.0724. The summed E-state index contributed by atoms with van der Waals surface area (Å²) in [7, 11) is 0. The number of hydrogen-bond acceptors (Lipinski definition) is 3. The molecule has 0 aliphatic carbocycles. The number of rotatable bonds is 6. The lowest BCUT2D eigenvalue weighted by atomic mass is 10.00. The van der Waals surface area contributed by atoms with Crippen LogP contribution in [0.5, 0.6) is 0 Å². The minimum atomic E-state index is -0.310. The molecular weight excluding hydrogens is 298 g/mol. The van der Waals surface area contributed by atoms with Crippen molar-refractivity contribution in [3.8, 4) is 0 Å². The van der Waals surface area contributed by atoms with Crippen LogP contribution in [0.15, 0.2) is 0 Å². The van der Waals surface area contributed by atoms with Crippen molar-refractivity contribution in [3.63, 3.8) is 0 Å². The Kier molecular flexibility index (Phi) is 5.31. The van der Waals surface area contributed by atoms with Crippen molar-refractivity contribution in [1.82, 2.24) is 9.78 Å². The minimum Gasteiger partial charge on any atom is -0.262 e. The molecule has 102 valence electrons. The van der Waals surface area contributed by atoms with Crippen LogP contribution in [0.25, 0.3) is 0 Å². The second kappa shape index (κ2) is 6.31. The van der Waals surface area contributed by atoms with Crippen LogP contribution < -0.4 is 0 Å². The molecule has 0 bridgehead atoms. The zero-order valence-corrected chi connectivity index (χ0v) is 12.9. The Labute approximate surface area is 116 Å². The maximum atomic E-state index is 11.2. The van der Waals surface area contributed by atoms with Gasteiger partial charge >= 0.3 is 5.69 Å². The van der Waals surface area contributed by atoms with E-state index in [1.54, 1.807) is 11.6 Å². The molecule has 1 heterocycles. The van der Waals surface area contributed by atoms with Gasteiger partial charge < -0.3 is 0 Å². The van der Waals surface area contributed by atoms with Crippen molar-refractivity contribution in [2.75, 3.05) is 0 Å². The van der Waals surface area contributed by atoms with Gasteiger partial charge in [-0.05, 0) is 19.8 Å². The van der Waals surface area contributed by atoms with Crippen LogP contribution in [0.4, 0.5) is 5.69 Å². The number of nitro groups is 1. The number of alkyl halides is 1. The Bertz CT molecular complexity index is 431. The maximum absolute atomic E-state index is 11.2. The molecule has 6 heteroatoms. The van der Waals surface area contributed by atoms with Gasteiger partial charge in [0.05, 0.1) is 4.92 Å². The molecule has 18 heavy (non-hydrogen) atoms. The van der Waals surface area contributed by atoms with Gasteiger partial charge in [-0.2, -0.15) is 5.10 Å². The van der Waals surface area contributed by atoms with E-state index >= 15 is 0 Å². The summed E-state index contributed by atoms with van der Waals surface area (Å²) < 4.78 is 1.79. The molecule has 0 fully saturated rings. The van der Waals surface area contributed by atoms with Crippen LogP contribution in [0.2, 0.25) is 0 Å². The normalized spacial score (nSPS) is 14.5. The fourth-order valence-corrected chi connectivity index (χ4v) is 2.42. The first-order chi connectivity index (χ1) is 8.43. The van der Waals surface area contributed by atoms with E-state index in [4.69, 9.17) is 0 Å². The van der Waals surface area contributed by atoms with Crippen LogP contribution in [0.1, 0.15) is 50.9 Å². The highest BCUT2D eigenvalue weighted by Gasteiger charge is 2.31. The first kappa shape index (κ1) is 15.1. The summed E-state index contributed by atoms with van der Waals surface area (Å²) in [6.45, 7) is 8.55. The molecule has 1 aromatic rings. The van der Waals surface area contributed by atoms with Gasteiger partial charge in [-0.25, -0.2) is 0 Å². The molecule has 1 aromatic heterocycles. The molecule has 0 amide bonds. The Hall–Kier alpha value is -0.910. The van der Waals surface area contributed by atoms with E-state index in [1.807, 2.05) is 13.8 Å². The SMILES string of the molecule is CCCn1nc(C)c([N+](=O)[O-])c1C(C)C(Br)CC. The molecule has 5 nitrogen and oxygen atoms in total. The van der Waals surface area contributed by atoms with Gasteiger partial charge in [0.2, 0.25) is 0 Å². The van der Waals surface area contributed by atoms with E-state index in [2.05, 4.69) is 28.0 Å². The van der Waals surface area contributed by atoms with Crippen molar-refractivity contribution in [2.24, 2.45) is 0 Å². The highest BCUT2D eigenvalue weighted by Crippen LogP contribution is 2.35. The average Bonchev–Trinajstić information content (AvgIpc) is 2.64. The Balaban J connectivity index is 3.31. The van der Waals surface area contributed by atoms with Crippen molar-refractivity contribution in [3.05, 3.63) is 21.5 Å². The Morgan fingerprint density at radius 1 is 1.50 bits per heavy atom. The fraction of sp³-hybridized carbons (Fsp3) is 0.750. The molecule has 0 spiro atoms. The van der Waals surface area contributed by atoms with Crippen molar-refractivity contribution in [1.29, 1.82) is 0 Å². The van der Waals surface area contributed by atoms with E-state index in [9.17, 15) is 10.1 Å². The van der Waals surface area contributed by atoms with Gasteiger partial charge in [-0.1, -0.05) is 36.7 Å². The molecule has 0 radical (unpaired) electrons. The van der Waals surface area contributed by atoms with Crippen molar-refractivity contribution >= 4 is 21.6 Å². The highest BCUT2D eigenvalue weighted by molar-refractivity contribution is 9.09. The van der Waals surface area contributed by atoms with Gasteiger partial charge in [-0.15, -0.1) is 0 Å². The molecule has 1 rings (SSSR count). The quantitative estimate of drug-likeness (QED) is 0.455. The topological polar surface area (TPSA) is 61.0 Å². The predicted molar refractivity (Wildman–Crippen MR) is 75.3 cm³/mol. The molecule has 0 aliphatic rings. The summed E-state index contributed by atoms with van der Waals surface area (Å²) in [5.41, 5.74) is 1.42. The van der Waals surface area contributed by atoms with E-state index < -0.39 is 0 Å².